The number of rotatable bonds is 4. The molecule has 1 aromatic carbocycles. The topological polar surface area (TPSA) is 29.1 Å². The smallest absolute Gasteiger partial charge is 0.251 e. The molecule has 2 rings (SSSR count). The van der Waals surface area contributed by atoms with Crippen molar-refractivity contribution < 1.29 is 9.18 Å². The molecule has 1 amide bonds. The SMILES string of the molecule is CSC1(CNC(=O)c2ccc(F)c(S)c2)CCCC1. The van der Waals surface area contributed by atoms with Crippen molar-refractivity contribution in [2.45, 2.75) is 35.3 Å². The van der Waals surface area contributed by atoms with Crippen molar-refractivity contribution >= 4 is 30.3 Å². The van der Waals surface area contributed by atoms with Crippen LogP contribution in [-0.4, -0.2) is 23.5 Å². The van der Waals surface area contributed by atoms with Crippen molar-refractivity contribution in [1.82, 2.24) is 5.32 Å². The highest BCUT2D eigenvalue weighted by Gasteiger charge is 2.33. The van der Waals surface area contributed by atoms with Gasteiger partial charge >= 0.3 is 0 Å². The van der Waals surface area contributed by atoms with Crippen LogP contribution >= 0.6 is 24.4 Å². The second-order valence-electron chi connectivity index (χ2n) is 4.94. The van der Waals surface area contributed by atoms with Crippen LogP contribution in [0.15, 0.2) is 23.1 Å². The van der Waals surface area contributed by atoms with Crippen molar-refractivity contribution in [3.8, 4) is 0 Å². The van der Waals surface area contributed by atoms with E-state index in [-0.39, 0.29) is 15.5 Å². The molecule has 0 radical (unpaired) electrons. The first-order chi connectivity index (χ1) is 9.06. The van der Waals surface area contributed by atoms with Crippen LogP contribution in [0, 0.1) is 5.82 Å². The van der Waals surface area contributed by atoms with Crippen molar-refractivity contribution in [3.63, 3.8) is 0 Å². The third-order valence-corrected chi connectivity index (χ3v) is 5.49. The molecule has 19 heavy (non-hydrogen) atoms. The predicted octanol–water partition coefficient (Wildman–Crippen LogP) is 3.52. The molecule has 1 aliphatic rings. The van der Waals surface area contributed by atoms with Crippen molar-refractivity contribution in [2.24, 2.45) is 0 Å². The van der Waals surface area contributed by atoms with Gasteiger partial charge in [-0.2, -0.15) is 11.8 Å². The lowest BCUT2D eigenvalue weighted by molar-refractivity contribution is 0.0949. The van der Waals surface area contributed by atoms with Gasteiger partial charge in [-0.15, -0.1) is 12.6 Å². The Morgan fingerprint density at radius 3 is 2.74 bits per heavy atom. The fourth-order valence-electron chi connectivity index (χ4n) is 2.47. The van der Waals surface area contributed by atoms with Gasteiger partial charge in [-0.1, -0.05) is 12.8 Å². The summed E-state index contributed by atoms with van der Waals surface area (Å²) < 4.78 is 13.3. The van der Waals surface area contributed by atoms with E-state index < -0.39 is 5.82 Å². The quantitative estimate of drug-likeness (QED) is 0.833. The molecule has 0 heterocycles. The van der Waals surface area contributed by atoms with Crippen LogP contribution in [0.1, 0.15) is 36.0 Å². The van der Waals surface area contributed by atoms with E-state index in [9.17, 15) is 9.18 Å². The average Bonchev–Trinajstić information content (AvgIpc) is 2.89. The minimum absolute atomic E-state index is 0.157. The van der Waals surface area contributed by atoms with E-state index in [1.807, 2.05) is 11.8 Å². The summed E-state index contributed by atoms with van der Waals surface area (Å²) in [4.78, 5) is 12.2. The summed E-state index contributed by atoms with van der Waals surface area (Å²) in [6.07, 6.45) is 6.86. The molecule has 5 heteroatoms. The van der Waals surface area contributed by atoms with E-state index in [0.717, 1.165) is 12.8 Å². The van der Waals surface area contributed by atoms with Crippen LogP contribution in [-0.2, 0) is 0 Å². The Balaban J connectivity index is 1.99. The number of thioether (sulfide) groups is 1. The van der Waals surface area contributed by atoms with Gasteiger partial charge in [0, 0.05) is 21.8 Å². The first-order valence-corrected chi connectivity index (χ1v) is 8.05. The molecule has 0 unspecified atom stereocenters. The Hall–Kier alpha value is -0.680. The number of hydrogen-bond donors (Lipinski definition) is 2. The van der Waals surface area contributed by atoms with Crippen molar-refractivity contribution in [2.75, 3.05) is 12.8 Å². The zero-order chi connectivity index (χ0) is 13.9. The largest absolute Gasteiger partial charge is 0.351 e. The molecule has 104 valence electrons. The monoisotopic (exact) mass is 299 g/mol. The highest BCUT2D eigenvalue weighted by molar-refractivity contribution is 8.00. The third kappa shape index (κ3) is 3.45. The summed E-state index contributed by atoms with van der Waals surface area (Å²) >= 11 is 5.83. The number of benzene rings is 1. The molecule has 0 saturated heterocycles. The molecule has 1 N–H and O–H groups in total. The average molecular weight is 299 g/mol. The molecule has 0 bridgehead atoms. The Bertz CT molecular complexity index is 473. The number of thiol groups is 1. The van der Waals surface area contributed by atoms with Gasteiger partial charge in [0.1, 0.15) is 5.82 Å². The van der Waals surface area contributed by atoms with Gasteiger partial charge in [-0.25, -0.2) is 4.39 Å². The molecular weight excluding hydrogens is 281 g/mol. The van der Waals surface area contributed by atoms with E-state index in [1.165, 1.54) is 31.0 Å². The summed E-state index contributed by atoms with van der Waals surface area (Å²) in [5.74, 6) is -0.563. The van der Waals surface area contributed by atoms with Gasteiger partial charge < -0.3 is 5.32 Å². The van der Waals surface area contributed by atoms with Gasteiger partial charge in [0.05, 0.1) is 0 Å². The summed E-state index contributed by atoms with van der Waals surface area (Å²) in [5, 5.41) is 2.96. The summed E-state index contributed by atoms with van der Waals surface area (Å²) in [5.41, 5.74) is 0.459. The summed E-state index contributed by atoms with van der Waals surface area (Å²) in [6, 6.07) is 4.23. The third-order valence-electron chi connectivity index (χ3n) is 3.73. The maximum atomic E-state index is 13.1. The lowest BCUT2D eigenvalue weighted by Gasteiger charge is -2.26. The molecule has 1 aliphatic carbocycles. The number of nitrogens with one attached hydrogen (secondary N) is 1. The highest BCUT2D eigenvalue weighted by Crippen LogP contribution is 2.39. The number of carbonyl (C=O) groups excluding carboxylic acids is 1. The van der Waals surface area contributed by atoms with E-state index in [1.54, 1.807) is 0 Å². The van der Waals surface area contributed by atoms with Crippen LogP contribution in [0.2, 0.25) is 0 Å². The number of halogens is 1. The highest BCUT2D eigenvalue weighted by atomic mass is 32.2. The standard InChI is InChI=1S/C14H18FNOS2/c1-19-14(6-2-3-7-14)9-16-13(17)10-4-5-11(15)12(18)8-10/h4-5,8,18H,2-3,6-7,9H2,1H3,(H,16,17). The Morgan fingerprint density at radius 1 is 1.47 bits per heavy atom. The van der Waals surface area contributed by atoms with Crippen LogP contribution in [0.5, 0.6) is 0 Å². The zero-order valence-electron chi connectivity index (χ0n) is 10.9. The molecule has 1 fully saturated rings. The van der Waals surface area contributed by atoms with Gasteiger partial charge in [0.15, 0.2) is 0 Å². The number of carbonyl (C=O) groups is 1. The maximum Gasteiger partial charge on any atom is 0.251 e. The zero-order valence-corrected chi connectivity index (χ0v) is 12.6. The van der Waals surface area contributed by atoms with Crippen LogP contribution in [0.25, 0.3) is 0 Å². The fourth-order valence-corrected chi connectivity index (χ4v) is 3.60. The number of amides is 1. The molecule has 0 aromatic heterocycles. The molecule has 0 spiro atoms. The van der Waals surface area contributed by atoms with E-state index in [4.69, 9.17) is 0 Å². The van der Waals surface area contributed by atoms with Gasteiger partial charge in [-0.05, 0) is 37.3 Å². The first-order valence-electron chi connectivity index (χ1n) is 6.38. The van der Waals surface area contributed by atoms with E-state index >= 15 is 0 Å². The molecular formula is C14H18FNOS2. The molecule has 1 aromatic rings. The van der Waals surface area contributed by atoms with Crippen LogP contribution in [0.4, 0.5) is 4.39 Å². The number of hydrogen-bond acceptors (Lipinski definition) is 3. The minimum Gasteiger partial charge on any atom is -0.351 e. The summed E-state index contributed by atoms with van der Waals surface area (Å²) in [7, 11) is 0. The molecule has 1 saturated carbocycles. The van der Waals surface area contributed by atoms with Crippen LogP contribution in [0.3, 0.4) is 0 Å². The molecule has 0 aliphatic heterocycles. The van der Waals surface area contributed by atoms with Gasteiger partial charge in [0.25, 0.3) is 5.91 Å². The fraction of sp³-hybridized carbons (Fsp3) is 0.500. The predicted molar refractivity (Wildman–Crippen MR) is 80.7 cm³/mol. The Labute approximate surface area is 123 Å². The molecule has 2 nitrogen and oxygen atoms in total. The minimum atomic E-state index is -0.406. The van der Waals surface area contributed by atoms with E-state index in [0.29, 0.717) is 12.1 Å². The normalized spacial score (nSPS) is 17.4. The van der Waals surface area contributed by atoms with Crippen LogP contribution < -0.4 is 5.32 Å². The summed E-state index contributed by atoms with van der Waals surface area (Å²) in [6.45, 7) is 0.673. The Kier molecular flexibility index (Phi) is 4.79. The lowest BCUT2D eigenvalue weighted by atomic mass is 10.1. The lowest BCUT2D eigenvalue weighted by Crippen LogP contribution is -2.38. The molecule has 0 atom stereocenters. The van der Waals surface area contributed by atoms with Crippen molar-refractivity contribution in [1.29, 1.82) is 0 Å². The van der Waals surface area contributed by atoms with Crippen molar-refractivity contribution in [3.05, 3.63) is 29.6 Å². The second-order valence-corrected chi connectivity index (χ2v) is 6.70. The van der Waals surface area contributed by atoms with Gasteiger partial charge in [0.2, 0.25) is 0 Å². The first kappa shape index (κ1) is 14.7. The maximum absolute atomic E-state index is 13.1. The second kappa shape index (κ2) is 6.18. The Morgan fingerprint density at radius 2 is 2.16 bits per heavy atom. The van der Waals surface area contributed by atoms with E-state index in [2.05, 4.69) is 24.2 Å². The van der Waals surface area contributed by atoms with Gasteiger partial charge in [-0.3, -0.25) is 4.79 Å².